The van der Waals surface area contributed by atoms with Gasteiger partial charge in [0.05, 0.1) is 16.2 Å². The third-order valence-electron chi connectivity index (χ3n) is 3.64. The maximum absolute atomic E-state index is 12.4. The van der Waals surface area contributed by atoms with E-state index in [2.05, 4.69) is 10.1 Å². The van der Waals surface area contributed by atoms with Gasteiger partial charge in [0.25, 0.3) is 0 Å². The Balaban J connectivity index is 2.50. The van der Waals surface area contributed by atoms with Crippen LogP contribution in [0.15, 0.2) is 29.1 Å². The minimum Gasteiger partial charge on any atom is -0.476 e. The number of nitrogens with zero attached hydrogens (tertiary/aromatic N) is 3. The maximum Gasteiger partial charge on any atom is 0.360 e. The zero-order valence-electron chi connectivity index (χ0n) is 12.7. The molecule has 0 unspecified atom stereocenters. The van der Waals surface area contributed by atoms with E-state index < -0.39 is 17.1 Å². The molecular formula is C16H11Cl2N3O3. The fraction of sp³-hybridized carbons (Fsp3) is 0.125. The number of fused-ring (bicyclic) bond motifs is 1. The van der Waals surface area contributed by atoms with E-state index >= 15 is 0 Å². The lowest BCUT2D eigenvalue weighted by Gasteiger charge is -2.13. The summed E-state index contributed by atoms with van der Waals surface area (Å²) in [6.07, 6.45) is 0. The molecule has 2 heterocycles. The van der Waals surface area contributed by atoms with Gasteiger partial charge in [0.2, 0.25) is 11.1 Å². The van der Waals surface area contributed by atoms with Crippen molar-refractivity contribution in [3.05, 3.63) is 61.5 Å². The zero-order valence-corrected chi connectivity index (χ0v) is 14.2. The fourth-order valence-corrected chi connectivity index (χ4v) is 2.80. The Morgan fingerprint density at radius 1 is 1.21 bits per heavy atom. The lowest BCUT2D eigenvalue weighted by molar-refractivity contribution is 0.0687. The summed E-state index contributed by atoms with van der Waals surface area (Å²) < 4.78 is 1.30. The van der Waals surface area contributed by atoms with E-state index in [0.717, 1.165) is 5.56 Å². The summed E-state index contributed by atoms with van der Waals surface area (Å²) in [6, 6.07) is 6.44. The predicted molar refractivity (Wildman–Crippen MR) is 91.6 cm³/mol. The number of carboxylic acids is 1. The van der Waals surface area contributed by atoms with Crippen LogP contribution in [-0.2, 0) is 0 Å². The summed E-state index contributed by atoms with van der Waals surface area (Å²) in [4.78, 5) is 28.0. The van der Waals surface area contributed by atoms with Gasteiger partial charge in [-0.1, -0.05) is 23.2 Å². The predicted octanol–water partition coefficient (Wildman–Crippen LogP) is 3.40. The first-order valence-corrected chi connectivity index (χ1v) is 7.65. The quantitative estimate of drug-likeness (QED) is 0.753. The van der Waals surface area contributed by atoms with Crippen LogP contribution in [0.3, 0.4) is 0 Å². The molecule has 1 aromatic carbocycles. The van der Waals surface area contributed by atoms with E-state index in [1.54, 1.807) is 25.1 Å². The minimum absolute atomic E-state index is 0.0246. The molecule has 122 valence electrons. The molecule has 0 spiro atoms. The van der Waals surface area contributed by atoms with Crippen molar-refractivity contribution in [2.24, 2.45) is 0 Å². The van der Waals surface area contributed by atoms with Crippen molar-refractivity contribution in [3.8, 4) is 5.69 Å². The van der Waals surface area contributed by atoms with E-state index in [-0.39, 0.29) is 10.5 Å². The number of rotatable bonds is 2. The molecule has 0 amide bonds. The summed E-state index contributed by atoms with van der Waals surface area (Å²) in [5.41, 5.74) is 0.917. The van der Waals surface area contributed by atoms with Gasteiger partial charge >= 0.3 is 5.97 Å². The van der Waals surface area contributed by atoms with E-state index in [1.165, 1.54) is 10.7 Å². The molecule has 0 atom stereocenters. The molecule has 3 aromatic rings. The van der Waals surface area contributed by atoms with E-state index in [1.807, 2.05) is 6.92 Å². The van der Waals surface area contributed by atoms with Crippen LogP contribution in [0.25, 0.3) is 16.7 Å². The Morgan fingerprint density at radius 2 is 1.92 bits per heavy atom. The average Bonchev–Trinajstić information content (AvgIpc) is 2.50. The normalized spacial score (nSPS) is 11.0. The maximum atomic E-state index is 12.4. The van der Waals surface area contributed by atoms with Gasteiger partial charge in [-0.15, -0.1) is 0 Å². The molecule has 0 fully saturated rings. The highest BCUT2D eigenvalue weighted by Crippen LogP contribution is 2.26. The van der Waals surface area contributed by atoms with Gasteiger partial charge < -0.3 is 5.11 Å². The molecule has 6 nitrogen and oxygen atoms in total. The number of benzene rings is 1. The van der Waals surface area contributed by atoms with Gasteiger partial charge in [-0.25, -0.2) is 14.5 Å². The summed E-state index contributed by atoms with van der Waals surface area (Å²) in [6.45, 7) is 3.58. The fourth-order valence-electron chi connectivity index (χ4n) is 2.31. The van der Waals surface area contributed by atoms with E-state index in [0.29, 0.717) is 21.9 Å². The van der Waals surface area contributed by atoms with Crippen LogP contribution in [0.4, 0.5) is 0 Å². The molecule has 0 saturated carbocycles. The van der Waals surface area contributed by atoms with Crippen molar-refractivity contribution in [2.75, 3.05) is 0 Å². The molecule has 0 aliphatic heterocycles. The smallest absolute Gasteiger partial charge is 0.360 e. The third-order valence-corrected chi connectivity index (χ3v) is 4.18. The molecule has 1 N–H and O–H groups in total. The molecule has 8 heteroatoms. The number of hydrogen-bond donors (Lipinski definition) is 1. The lowest BCUT2D eigenvalue weighted by atomic mass is 10.2. The number of hydrogen-bond acceptors (Lipinski definition) is 4. The molecule has 3 rings (SSSR count). The summed E-state index contributed by atoms with van der Waals surface area (Å²) in [7, 11) is 0. The second kappa shape index (κ2) is 5.89. The molecule has 0 aliphatic rings. The SMILES string of the molecule is Cc1cc2c(nc1C)c(=O)c(C(=O)O)nn2-c1ccc(Cl)cc1Cl. The van der Waals surface area contributed by atoms with Gasteiger partial charge in [-0.2, -0.15) is 5.10 Å². The first-order valence-electron chi connectivity index (χ1n) is 6.89. The molecule has 0 bridgehead atoms. The van der Waals surface area contributed by atoms with E-state index in [4.69, 9.17) is 23.2 Å². The Morgan fingerprint density at radius 3 is 2.54 bits per heavy atom. The molecule has 0 saturated heterocycles. The van der Waals surface area contributed by atoms with Crippen LogP contribution in [0, 0.1) is 13.8 Å². The summed E-state index contributed by atoms with van der Waals surface area (Å²) >= 11 is 12.1. The first-order chi connectivity index (χ1) is 11.3. The Hall–Kier alpha value is -2.44. The standard InChI is InChI=1S/C16H11Cl2N3O3/c1-7-5-12-13(19-8(7)2)15(22)14(16(23)24)20-21(12)11-4-3-9(17)6-10(11)18/h3-6H,1-2H3,(H,23,24). The van der Waals surface area contributed by atoms with Gasteiger partial charge in [0.1, 0.15) is 5.52 Å². The minimum atomic E-state index is -1.43. The first kappa shape index (κ1) is 16.4. The Bertz CT molecular complexity index is 1060. The van der Waals surface area contributed by atoms with Crippen LogP contribution in [0.2, 0.25) is 10.0 Å². The molecule has 0 radical (unpaired) electrons. The van der Waals surface area contributed by atoms with Crippen LogP contribution in [0.1, 0.15) is 21.7 Å². The number of aryl methyl sites for hydroxylation is 2. The second-order valence-electron chi connectivity index (χ2n) is 5.25. The zero-order chi connectivity index (χ0) is 17.6. The van der Waals surface area contributed by atoms with Gasteiger partial charge in [-0.3, -0.25) is 4.79 Å². The number of pyridine rings is 1. The van der Waals surface area contributed by atoms with Gasteiger partial charge in [0.15, 0.2) is 0 Å². The number of carbonyl (C=O) groups is 1. The molecule has 2 aromatic heterocycles. The van der Waals surface area contributed by atoms with Crippen molar-refractivity contribution >= 4 is 40.2 Å². The highest BCUT2D eigenvalue weighted by atomic mass is 35.5. The summed E-state index contributed by atoms with van der Waals surface area (Å²) in [5.74, 6) is -1.43. The van der Waals surface area contributed by atoms with Crippen molar-refractivity contribution in [1.82, 2.24) is 14.8 Å². The van der Waals surface area contributed by atoms with Crippen molar-refractivity contribution in [1.29, 1.82) is 0 Å². The summed E-state index contributed by atoms with van der Waals surface area (Å²) in [5, 5.41) is 13.9. The number of aromatic carboxylic acids is 1. The van der Waals surface area contributed by atoms with Crippen LogP contribution >= 0.6 is 23.2 Å². The van der Waals surface area contributed by atoms with Crippen LogP contribution in [0.5, 0.6) is 0 Å². The topological polar surface area (TPSA) is 85.1 Å². The van der Waals surface area contributed by atoms with Crippen LogP contribution < -0.4 is 5.43 Å². The lowest BCUT2D eigenvalue weighted by Crippen LogP contribution is -2.23. The molecule has 24 heavy (non-hydrogen) atoms. The van der Waals surface area contributed by atoms with Crippen molar-refractivity contribution in [3.63, 3.8) is 0 Å². The van der Waals surface area contributed by atoms with E-state index in [9.17, 15) is 14.7 Å². The number of halogens is 2. The highest BCUT2D eigenvalue weighted by Gasteiger charge is 2.20. The Labute approximate surface area is 146 Å². The van der Waals surface area contributed by atoms with Crippen LogP contribution in [-0.4, -0.2) is 25.8 Å². The third kappa shape index (κ3) is 2.64. The Kier molecular flexibility index (Phi) is 4.03. The van der Waals surface area contributed by atoms with Crippen molar-refractivity contribution in [2.45, 2.75) is 13.8 Å². The number of carboxylic acid groups (broad SMARTS) is 1. The molecule has 0 aliphatic carbocycles. The van der Waals surface area contributed by atoms with Gasteiger partial charge in [-0.05, 0) is 43.7 Å². The largest absolute Gasteiger partial charge is 0.476 e. The average molecular weight is 364 g/mol. The monoisotopic (exact) mass is 363 g/mol. The second-order valence-corrected chi connectivity index (χ2v) is 6.09. The van der Waals surface area contributed by atoms with Gasteiger partial charge in [0, 0.05) is 10.7 Å². The number of aromatic nitrogens is 3. The molecular weight excluding hydrogens is 353 g/mol. The van der Waals surface area contributed by atoms with Crippen molar-refractivity contribution < 1.29 is 9.90 Å². The highest BCUT2D eigenvalue weighted by molar-refractivity contribution is 6.35.